The average Bonchev–Trinajstić information content (AvgIpc) is 2.72. The van der Waals surface area contributed by atoms with Crippen LogP contribution in [0, 0.1) is 0 Å². The van der Waals surface area contributed by atoms with Gasteiger partial charge in [0.05, 0.1) is 11.3 Å². The first-order valence-corrected chi connectivity index (χ1v) is 6.67. The maximum Gasteiger partial charge on any atom is 0.563 e. The molecule has 1 aliphatic rings. The summed E-state index contributed by atoms with van der Waals surface area (Å²) in [6.07, 6.45) is 0.658. The van der Waals surface area contributed by atoms with Crippen LogP contribution in [0.2, 0.25) is 0 Å². The quantitative estimate of drug-likeness (QED) is 0.678. The maximum atomic E-state index is 11.1. The molecule has 1 aliphatic heterocycles. The molecule has 0 saturated carbocycles. The molecule has 5 heteroatoms. The van der Waals surface area contributed by atoms with Crippen LogP contribution in [0.5, 0.6) is 5.75 Å². The molecule has 0 aromatic heterocycles. The molecule has 4 nitrogen and oxygen atoms in total. The molecule has 0 bridgehead atoms. The smallest absolute Gasteiger partial charge is 0.534 e. The largest absolute Gasteiger partial charge is 0.563 e. The predicted octanol–water partition coefficient (Wildman–Crippen LogP) is 2.39. The van der Waals surface area contributed by atoms with Crippen molar-refractivity contribution in [2.45, 2.75) is 19.4 Å². The van der Waals surface area contributed by atoms with Crippen LogP contribution in [0.4, 0.5) is 0 Å². The second kappa shape index (κ2) is 4.64. The minimum atomic E-state index is -0.525. The molecule has 1 fully saturated rings. The lowest BCUT2D eigenvalue weighted by Gasteiger charge is -2.15. The molecule has 106 valence electrons. The summed E-state index contributed by atoms with van der Waals surface area (Å²) in [4.78, 5) is 11.1. The fourth-order valence-electron chi connectivity index (χ4n) is 2.40. The minimum absolute atomic E-state index is 0.0203. The van der Waals surface area contributed by atoms with Crippen LogP contribution >= 0.6 is 0 Å². The van der Waals surface area contributed by atoms with Crippen molar-refractivity contribution in [1.82, 2.24) is 0 Å². The number of carbonyl (C=O) groups is 1. The van der Waals surface area contributed by atoms with Crippen LogP contribution in [0.15, 0.2) is 42.7 Å². The second-order valence-corrected chi connectivity index (χ2v) is 5.60. The maximum absolute atomic E-state index is 11.1. The van der Waals surface area contributed by atoms with Gasteiger partial charge in [0.1, 0.15) is 11.4 Å². The highest BCUT2D eigenvalue weighted by atomic mass is 16.7. The molecular formula is C16H15BO4. The highest BCUT2D eigenvalue weighted by Gasteiger charge is 2.42. The number of phenolic OH excluding ortho intramolecular Hbond substituents is 1. The number of benzene rings is 2. The van der Waals surface area contributed by atoms with E-state index in [-0.39, 0.29) is 11.3 Å². The molecule has 0 radical (unpaired) electrons. The third-order valence-electron chi connectivity index (χ3n) is 3.78. The highest BCUT2D eigenvalue weighted by molar-refractivity contribution is 6.62. The van der Waals surface area contributed by atoms with Gasteiger partial charge in [-0.3, -0.25) is 4.79 Å². The lowest BCUT2D eigenvalue weighted by Crippen LogP contribution is -2.34. The normalized spacial score (nSPS) is 17.0. The third-order valence-corrected chi connectivity index (χ3v) is 3.78. The molecule has 1 N–H and O–H groups in total. The van der Waals surface area contributed by atoms with Crippen molar-refractivity contribution in [3.8, 4) is 5.75 Å². The lowest BCUT2D eigenvalue weighted by molar-refractivity contribution is 0.112. The molecule has 2 aromatic rings. The summed E-state index contributed by atoms with van der Waals surface area (Å²) in [6, 6.07) is 8.77. The number of aldehydes is 1. The van der Waals surface area contributed by atoms with Crippen molar-refractivity contribution >= 4 is 29.6 Å². The first kappa shape index (κ1) is 13.7. The lowest BCUT2D eigenvalue weighted by atomic mass is 9.78. The summed E-state index contributed by atoms with van der Waals surface area (Å²) in [5.74, 6) is 0.569. The van der Waals surface area contributed by atoms with Crippen molar-refractivity contribution < 1.29 is 19.2 Å². The topological polar surface area (TPSA) is 55.8 Å². The first-order chi connectivity index (χ1) is 9.92. The van der Waals surface area contributed by atoms with Gasteiger partial charge in [0.15, 0.2) is 6.29 Å². The molecule has 1 heterocycles. The Labute approximate surface area is 123 Å². The van der Waals surface area contributed by atoms with Crippen LogP contribution < -0.4 is 5.46 Å². The standard InChI is InChI=1S/C16H15BO4/c1-10-16(2,3)21-17(20-10)12-5-6-13-11(8-12)4-7-15(19)14(13)9-18/h4-9,19H,1H2,2-3H3. The molecule has 0 aliphatic carbocycles. The highest BCUT2D eigenvalue weighted by Crippen LogP contribution is 2.30. The Balaban J connectivity index is 2.05. The van der Waals surface area contributed by atoms with E-state index in [1.807, 2.05) is 26.0 Å². The average molecular weight is 282 g/mol. The van der Waals surface area contributed by atoms with Crippen molar-refractivity contribution in [3.05, 3.63) is 48.2 Å². The van der Waals surface area contributed by atoms with Gasteiger partial charge >= 0.3 is 7.12 Å². The van der Waals surface area contributed by atoms with E-state index >= 15 is 0 Å². The van der Waals surface area contributed by atoms with E-state index in [1.54, 1.807) is 12.1 Å². The van der Waals surface area contributed by atoms with E-state index in [1.165, 1.54) is 6.07 Å². The van der Waals surface area contributed by atoms with E-state index in [4.69, 9.17) is 9.31 Å². The van der Waals surface area contributed by atoms with Crippen LogP contribution in [-0.2, 0) is 9.31 Å². The van der Waals surface area contributed by atoms with E-state index in [2.05, 4.69) is 6.58 Å². The van der Waals surface area contributed by atoms with E-state index in [0.717, 1.165) is 10.8 Å². The number of hydrogen-bond acceptors (Lipinski definition) is 4. The van der Waals surface area contributed by atoms with Crippen molar-refractivity contribution in [1.29, 1.82) is 0 Å². The Morgan fingerprint density at radius 1 is 1.29 bits per heavy atom. The summed E-state index contributed by atoms with van der Waals surface area (Å²) in [5, 5.41) is 11.2. The summed E-state index contributed by atoms with van der Waals surface area (Å²) in [7, 11) is -0.509. The number of hydrogen-bond donors (Lipinski definition) is 1. The fourth-order valence-corrected chi connectivity index (χ4v) is 2.40. The van der Waals surface area contributed by atoms with Crippen LogP contribution in [0.1, 0.15) is 24.2 Å². The van der Waals surface area contributed by atoms with Crippen LogP contribution in [0.25, 0.3) is 10.8 Å². The number of phenols is 1. The van der Waals surface area contributed by atoms with Gasteiger partial charge < -0.3 is 14.4 Å². The van der Waals surface area contributed by atoms with Gasteiger partial charge in [-0.25, -0.2) is 0 Å². The Morgan fingerprint density at radius 3 is 2.67 bits per heavy atom. The third kappa shape index (κ3) is 2.19. The van der Waals surface area contributed by atoms with Gasteiger partial charge in [-0.15, -0.1) is 0 Å². The zero-order valence-corrected chi connectivity index (χ0v) is 11.9. The monoisotopic (exact) mass is 282 g/mol. The summed E-state index contributed by atoms with van der Waals surface area (Å²) >= 11 is 0. The molecule has 3 rings (SSSR count). The number of rotatable bonds is 2. The number of aromatic hydroxyl groups is 1. The van der Waals surface area contributed by atoms with Crippen LogP contribution in [0.3, 0.4) is 0 Å². The van der Waals surface area contributed by atoms with Gasteiger partial charge in [-0.05, 0) is 36.1 Å². The molecule has 0 atom stereocenters. The molecule has 0 amide bonds. The zero-order valence-electron chi connectivity index (χ0n) is 11.9. The van der Waals surface area contributed by atoms with Gasteiger partial charge in [-0.2, -0.15) is 0 Å². The summed E-state index contributed by atoms with van der Waals surface area (Å²) < 4.78 is 11.5. The molecule has 0 spiro atoms. The van der Waals surface area contributed by atoms with Crippen LogP contribution in [-0.4, -0.2) is 24.1 Å². The van der Waals surface area contributed by atoms with E-state index in [9.17, 15) is 9.90 Å². The minimum Gasteiger partial charge on any atom is -0.534 e. The zero-order chi connectivity index (χ0) is 15.2. The Morgan fingerprint density at radius 2 is 2.05 bits per heavy atom. The van der Waals surface area contributed by atoms with Crippen molar-refractivity contribution in [2.24, 2.45) is 0 Å². The Kier molecular flexibility index (Phi) is 3.03. The number of fused-ring (bicyclic) bond motifs is 1. The Hall–Kier alpha value is -2.27. The molecule has 21 heavy (non-hydrogen) atoms. The van der Waals surface area contributed by atoms with Gasteiger partial charge in [0.2, 0.25) is 0 Å². The van der Waals surface area contributed by atoms with Gasteiger partial charge in [0, 0.05) is 0 Å². The summed E-state index contributed by atoms with van der Waals surface area (Å²) in [5.41, 5.74) is 0.608. The SMILES string of the molecule is C=C1OB(c2ccc3c(C=O)c(O)ccc3c2)OC1(C)C. The van der Waals surface area contributed by atoms with E-state index in [0.29, 0.717) is 17.4 Å². The van der Waals surface area contributed by atoms with Crippen molar-refractivity contribution in [3.63, 3.8) is 0 Å². The van der Waals surface area contributed by atoms with Gasteiger partial charge in [-0.1, -0.05) is 30.8 Å². The molecule has 1 saturated heterocycles. The summed E-state index contributed by atoms with van der Waals surface area (Å²) in [6.45, 7) is 7.66. The first-order valence-electron chi connectivity index (χ1n) is 6.67. The molecular weight excluding hydrogens is 267 g/mol. The second-order valence-electron chi connectivity index (χ2n) is 5.60. The Bertz CT molecular complexity index is 751. The molecule has 0 unspecified atom stereocenters. The van der Waals surface area contributed by atoms with Crippen molar-refractivity contribution in [2.75, 3.05) is 0 Å². The number of carbonyl (C=O) groups excluding carboxylic acids is 1. The van der Waals surface area contributed by atoms with Gasteiger partial charge in [0.25, 0.3) is 0 Å². The molecule has 2 aromatic carbocycles. The predicted molar refractivity (Wildman–Crippen MR) is 81.8 cm³/mol. The van der Waals surface area contributed by atoms with E-state index < -0.39 is 12.7 Å². The fraction of sp³-hybridized carbons (Fsp3) is 0.188.